The molecule has 2 heterocycles. The van der Waals surface area contributed by atoms with E-state index in [0.717, 1.165) is 57.8 Å². The Labute approximate surface area is 444 Å². The van der Waals surface area contributed by atoms with E-state index < -0.39 is 48.8 Å². The van der Waals surface area contributed by atoms with Crippen LogP contribution in [0.25, 0.3) is 0 Å². The second kappa shape index (κ2) is 44.3. The number of unbranched alkanes of at least 4 members (excludes halogenated alkanes) is 30. The first-order valence-electron chi connectivity index (χ1n) is 29.3. The number of aromatic nitrogens is 3. The van der Waals surface area contributed by atoms with E-state index in [1.807, 2.05) is 0 Å². The number of esters is 2. The number of aliphatic hydroxyl groups is 4. The van der Waals surface area contributed by atoms with Crippen LogP contribution in [-0.4, -0.2) is 120 Å². The highest BCUT2D eigenvalue weighted by molar-refractivity contribution is 7.99. The quantitative estimate of drug-likeness (QED) is 0.0263. The Kier molecular flexibility index (Phi) is 40.2. The molecule has 0 saturated carbocycles. The van der Waals surface area contributed by atoms with E-state index in [0.29, 0.717) is 19.3 Å². The zero-order valence-electron chi connectivity index (χ0n) is 45.8. The molecule has 17 heteroatoms. The topological polar surface area (TPSA) is 232 Å². The summed E-state index contributed by atoms with van der Waals surface area (Å²) in [5.41, 5.74) is 0. The maximum Gasteiger partial charge on any atom is 0.306 e. The van der Waals surface area contributed by atoms with Crippen LogP contribution in [0.3, 0.4) is 0 Å². The number of rotatable bonds is 49. The average Bonchev–Trinajstić information content (AvgIpc) is 3.92. The third kappa shape index (κ3) is 33.7. The third-order valence-corrected chi connectivity index (χ3v) is 14.9. The summed E-state index contributed by atoms with van der Waals surface area (Å²) in [4.78, 5) is 53.2. The van der Waals surface area contributed by atoms with Crippen molar-refractivity contribution in [2.75, 3.05) is 23.4 Å². The molecule has 0 spiro atoms. The van der Waals surface area contributed by atoms with Crippen molar-refractivity contribution in [1.82, 2.24) is 20.3 Å². The lowest BCUT2D eigenvalue weighted by atomic mass is 10.1. The van der Waals surface area contributed by atoms with Gasteiger partial charge in [0.15, 0.2) is 12.1 Å². The molecule has 1 aliphatic rings. The molecule has 2 amide bonds. The first kappa shape index (κ1) is 66.3. The zero-order chi connectivity index (χ0) is 53.2. The Bertz CT molecular complexity index is 1540. The molecule has 7 atom stereocenters. The van der Waals surface area contributed by atoms with Gasteiger partial charge in [-0.2, -0.15) is 11.8 Å². The van der Waals surface area contributed by atoms with Crippen LogP contribution < -0.4 is 10.6 Å². The van der Waals surface area contributed by atoms with Crippen LogP contribution in [0, 0.1) is 0 Å². The molecule has 1 saturated heterocycles. The van der Waals surface area contributed by atoms with Gasteiger partial charge >= 0.3 is 11.9 Å². The first-order valence-corrected chi connectivity index (χ1v) is 30.4. The summed E-state index contributed by atoms with van der Waals surface area (Å²) in [6.07, 6.45) is 32.4. The molecule has 2 rings (SSSR count). The van der Waals surface area contributed by atoms with Crippen LogP contribution in [0.1, 0.15) is 252 Å². The van der Waals surface area contributed by atoms with E-state index in [4.69, 9.17) is 14.2 Å². The maximum atomic E-state index is 13.8. The second-order valence-electron chi connectivity index (χ2n) is 20.7. The molecule has 0 aromatic carbocycles. The summed E-state index contributed by atoms with van der Waals surface area (Å²) in [7, 11) is 0. The SMILES string of the molecule is CCCCCCCCCCCCCC(=O)NC(CSCC(COC(=O)CCCCCCCCCCCCC)OC(=O)CCCCCCCCCCCCC)C(=O)Nc1cn(CC(O)C2OC(O)[C@@H](O)[C@@H]2O)nn1. The fraction of sp³-hybridized carbons (Fsp3) is 0.893. The number of nitrogens with one attached hydrogen (secondary N) is 2. The number of aliphatic hydroxyl groups excluding tert-OH is 4. The number of nitrogens with zero attached hydrogens (tertiary/aromatic N) is 3. The number of hydrogen-bond acceptors (Lipinski definition) is 14. The van der Waals surface area contributed by atoms with Crippen molar-refractivity contribution >= 4 is 41.3 Å². The molecule has 1 aromatic heterocycles. The standard InChI is InChI=1S/C56H103N5O11S/c1-4-7-10-13-16-19-22-25-28-31-34-37-49(63)57-46(55(68)58-48-41-61(60-59-48)40-47(62)54-52(66)53(67)56(69)72-54)44-73-43-45(71-51(65)39-36-33-30-27-24-21-18-15-12-9-6-3)42-70-50(64)38-35-32-29-26-23-20-17-14-11-8-5-2/h41,45-47,52-54,56,62,66-67,69H,4-40,42-44H2,1-3H3,(H,57,63)(H,58,68)/t45?,46?,47?,52-,53-,54?,56?/m0/s1. The highest BCUT2D eigenvalue weighted by atomic mass is 32.2. The van der Waals surface area contributed by atoms with Crippen molar-refractivity contribution in [1.29, 1.82) is 0 Å². The van der Waals surface area contributed by atoms with Crippen LogP contribution in [0.4, 0.5) is 5.82 Å². The summed E-state index contributed by atoms with van der Waals surface area (Å²) in [5, 5.41) is 54.0. The lowest BCUT2D eigenvalue weighted by Gasteiger charge is -2.21. The third-order valence-electron chi connectivity index (χ3n) is 13.8. The molecule has 424 valence electrons. The van der Waals surface area contributed by atoms with E-state index in [9.17, 15) is 39.6 Å². The molecule has 5 unspecified atom stereocenters. The fourth-order valence-corrected chi connectivity index (χ4v) is 10.2. The number of carbonyl (C=O) groups is 4. The molecule has 6 N–H and O–H groups in total. The van der Waals surface area contributed by atoms with Gasteiger partial charge in [-0.3, -0.25) is 19.2 Å². The number of carbonyl (C=O) groups excluding carboxylic acids is 4. The van der Waals surface area contributed by atoms with E-state index in [-0.39, 0.29) is 61.2 Å². The predicted octanol–water partition coefficient (Wildman–Crippen LogP) is 10.8. The minimum absolute atomic E-state index is 0.0405. The van der Waals surface area contributed by atoms with E-state index in [1.54, 1.807) is 0 Å². The smallest absolute Gasteiger partial charge is 0.306 e. The van der Waals surface area contributed by atoms with Crippen LogP contribution in [0.5, 0.6) is 0 Å². The summed E-state index contributed by atoms with van der Waals surface area (Å²) in [6, 6.07) is -1.01. The molecule has 1 fully saturated rings. The molecule has 73 heavy (non-hydrogen) atoms. The van der Waals surface area contributed by atoms with E-state index >= 15 is 0 Å². The fourth-order valence-electron chi connectivity index (χ4n) is 9.16. The van der Waals surface area contributed by atoms with Crippen LogP contribution >= 0.6 is 11.8 Å². The molecular weight excluding hydrogens is 951 g/mol. The monoisotopic (exact) mass is 1050 g/mol. The van der Waals surface area contributed by atoms with Gasteiger partial charge in [0.2, 0.25) is 11.8 Å². The van der Waals surface area contributed by atoms with Gasteiger partial charge in [-0.15, -0.1) is 5.10 Å². The van der Waals surface area contributed by atoms with Crippen molar-refractivity contribution in [3.8, 4) is 0 Å². The minimum atomic E-state index is -1.65. The molecule has 16 nitrogen and oxygen atoms in total. The van der Waals surface area contributed by atoms with Crippen LogP contribution in [0.2, 0.25) is 0 Å². The van der Waals surface area contributed by atoms with Gasteiger partial charge < -0.3 is 45.3 Å². The molecule has 0 bridgehead atoms. The van der Waals surface area contributed by atoms with Gasteiger partial charge in [0.1, 0.15) is 43.2 Å². The van der Waals surface area contributed by atoms with Gasteiger partial charge in [0, 0.05) is 30.8 Å². The van der Waals surface area contributed by atoms with Crippen molar-refractivity contribution in [2.45, 2.75) is 301 Å². The molecule has 0 radical (unpaired) electrons. The number of thioether (sulfide) groups is 1. The van der Waals surface area contributed by atoms with Gasteiger partial charge in [0.05, 0.1) is 12.7 Å². The lowest BCUT2D eigenvalue weighted by molar-refractivity contribution is -0.157. The van der Waals surface area contributed by atoms with Gasteiger partial charge in [-0.25, -0.2) is 4.68 Å². The Morgan fingerprint density at radius 3 is 1.51 bits per heavy atom. The summed E-state index contributed by atoms with van der Waals surface area (Å²) in [5.74, 6) is -1.14. The molecular formula is C56H103N5O11S. The van der Waals surface area contributed by atoms with Gasteiger partial charge in [-0.05, 0) is 19.3 Å². The number of ether oxygens (including phenoxy) is 3. The Morgan fingerprint density at radius 1 is 0.616 bits per heavy atom. The Hall–Kier alpha value is -2.83. The van der Waals surface area contributed by atoms with Crippen molar-refractivity contribution < 1.29 is 53.8 Å². The number of hydrogen-bond donors (Lipinski definition) is 6. The lowest BCUT2D eigenvalue weighted by Crippen LogP contribution is -2.45. The van der Waals surface area contributed by atoms with E-state index in [1.165, 1.54) is 164 Å². The van der Waals surface area contributed by atoms with E-state index in [2.05, 4.69) is 41.7 Å². The zero-order valence-corrected chi connectivity index (χ0v) is 46.6. The minimum Gasteiger partial charge on any atom is -0.462 e. The highest BCUT2D eigenvalue weighted by Crippen LogP contribution is 2.24. The summed E-state index contributed by atoms with van der Waals surface area (Å²) < 4.78 is 17.9. The van der Waals surface area contributed by atoms with Crippen molar-refractivity contribution in [3.63, 3.8) is 0 Å². The Balaban J connectivity index is 2.00. The highest BCUT2D eigenvalue weighted by Gasteiger charge is 2.45. The predicted molar refractivity (Wildman–Crippen MR) is 291 cm³/mol. The van der Waals surface area contributed by atoms with Crippen molar-refractivity contribution in [2.24, 2.45) is 0 Å². The van der Waals surface area contributed by atoms with Crippen LogP contribution in [-0.2, 0) is 39.9 Å². The summed E-state index contributed by atoms with van der Waals surface area (Å²) in [6.45, 7) is 6.35. The Morgan fingerprint density at radius 2 is 1.05 bits per heavy atom. The first-order chi connectivity index (χ1) is 35.5. The molecule has 0 aliphatic carbocycles. The van der Waals surface area contributed by atoms with Gasteiger partial charge in [-0.1, -0.05) is 219 Å². The molecule has 1 aliphatic heterocycles. The maximum absolute atomic E-state index is 13.8. The van der Waals surface area contributed by atoms with Crippen LogP contribution in [0.15, 0.2) is 6.20 Å². The molecule has 1 aromatic rings. The number of anilines is 1. The number of amides is 2. The van der Waals surface area contributed by atoms with Gasteiger partial charge in [0.25, 0.3) is 0 Å². The average molecular weight is 1050 g/mol. The summed E-state index contributed by atoms with van der Waals surface area (Å²) >= 11 is 1.30. The largest absolute Gasteiger partial charge is 0.462 e. The van der Waals surface area contributed by atoms with Crippen molar-refractivity contribution in [3.05, 3.63) is 6.20 Å². The second-order valence-corrected chi connectivity index (χ2v) is 21.7. The normalized spacial score (nSPS) is 17.8.